The van der Waals surface area contributed by atoms with E-state index in [0.29, 0.717) is 32.7 Å². The molecule has 1 heterocycles. The standard InChI is InChI=1S/C13H23NO5/c1-4-18-12(15)11(7-9(2)3)14-13(16)19-10-5-6-17-8-10/h9-11H,4-8H2,1-3H3,(H,14,16)/t10?,11-/m0/s1. The number of nitrogens with one attached hydrogen (secondary N) is 1. The maximum atomic E-state index is 11.7. The number of carbonyl (C=O) groups is 2. The van der Waals surface area contributed by atoms with Crippen molar-refractivity contribution >= 4 is 12.1 Å². The normalized spacial score (nSPS) is 20.1. The molecule has 0 radical (unpaired) electrons. The fourth-order valence-corrected chi connectivity index (χ4v) is 1.86. The number of hydrogen-bond acceptors (Lipinski definition) is 5. The number of esters is 1. The van der Waals surface area contributed by atoms with Crippen LogP contribution in [0.3, 0.4) is 0 Å². The van der Waals surface area contributed by atoms with Gasteiger partial charge in [-0.25, -0.2) is 9.59 Å². The molecular weight excluding hydrogens is 250 g/mol. The van der Waals surface area contributed by atoms with Gasteiger partial charge in [0, 0.05) is 6.42 Å². The van der Waals surface area contributed by atoms with Crippen LogP contribution in [0.5, 0.6) is 0 Å². The first-order chi connectivity index (χ1) is 9.02. The fraction of sp³-hybridized carbons (Fsp3) is 0.846. The second kappa shape index (κ2) is 7.99. The van der Waals surface area contributed by atoms with Gasteiger partial charge in [0.25, 0.3) is 0 Å². The lowest BCUT2D eigenvalue weighted by Crippen LogP contribution is -2.44. The van der Waals surface area contributed by atoms with Gasteiger partial charge in [-0.05, 0) is 19.3 Å². The van der Waals surface area contributed by atoms with E-state index in [9.17, 15) is 9.59 Å². The van der Waals surface area contributed by atoms with Crippen molar-refractivity contribution in [2.45, 2.75) is 45.8 Å². The Balaban J connectivity index is 2.45. The number of rotatable bonds is 6. The molecule has 0 saturated carbocycles. The molecule has 0 aromatic rings. The largest absolute Gasteiger partial charge is 0.464 e. The summed E-state index contributed by atoms with van der Waals surface area (Å²) in [5, 5.41) is 2.57. The van der Waals surface area contributed by atoms with Gasteiger partial charge in [-0.2, -0.15) is 0 Å². The Morgan fingerprint density at radius 1 is 1.42 bits per heavy atom. The van der Waals surface area contributed by atoms with Crippen molar-refractivity contribution in [3.63, 3.8) is 0 Å². The predicted octanol–water partition coefficient (Wildman–Crippen LogP) is 1.48. The van der Waals surface area contributed by atoms with Crippen LogP contribution in [0.25, 0.3) is 0 Å². The molecular formula is C13H23NO5. The topological polar surface area (TPSA) is 73.9 Å². The number of hydrogen-bond donors (Lipinski definition) is 1. The molecule has 1 saturated heterocycles. The van der Waals surface area contributed by atoms with Gasteiger partial charge in [0.1, 0.15) is 12.1 Å². The molecule has 0 aromatic carbocycles. The van der Waals surface area contributed by atoms with E-state index in [1.165, 1.54) is 0 Å². The molecule has 1 unspecified atom stereocenters. The number of carbonyl (C=O) groups excluding carboxylic acids is 2. The quantitative estimate of drug-likeness (QED) is 0.742. The van der Waals surface area contributed by atoms with Crippen LogP contribution in [0.4, 0.5) is 4.79 Å². The third kappa shape index (κ3) is 5.92. The molecule has 6 heteroatoms. The zero-order valence-electron chi connectivity index (χ0n) is 11.8. The molecule has 110 valence electrons. The van der Waals surface area contributed by atoms with Gasteiger partial charge in [-0.3, -0.25) is 0 Å². The van der Waals surface area contributed by atoms with Gasteiger partial charge >= 0.3 is 12.1 Å². The Kier molecular flexibility index (Phi) is 6.62. The summed E-state index contributed by atoms with van der Waals surface area (Å²) in [5.74, 6) is -0.152. The molecule has 0 aromatic heterocycles. The minimum Gasteiger partial charge on any atom is -0.464 e. The van der Waals surface area contributed by atoms with E-state index in [1.54, 1.807) is 6.92 Å². The maximum Gasteiger partial charge on any atom is 0.408 e. The smallest absolute Gasteiger partial charge is 0.408 e. The molecule has 0 aliphatic carbocycles. The highest BCUT2D eigenvalue weighted by Gasteiger charge is 2.26. The highest BCUT2D eigenvalue weighted by atomic mass is 16.6. The van der Waals surface area contributed by atoms with E-state index < -0.39 is 18.1 Å². The van der Waals surface area contributed by atoms with Crippen LogP contribution in [-0.4, -0.2) is 44.0 Å². The highest BCUT2D eigenvalue weighted by Crippen LogP contribution is 2.10. The number of amides is 1. The second-order valence-electron chi connectivity index (χ2n) is 4.97. The van der Waals surface area contributed by atoms with Gasteiger partial charge in [0.05, 0.1) is 19.8 Å². The van der Waals surface area contributed by atoms with Crippen molar-refractivity contribution in [1.29, 1.82) is 0 Å². The zero-order valence-corrected chi connectivity index (χ0v) is 11.8. The van der Waals surface area contributed by atoms with Crippen molar-refractivity contribution in [2.24, 2.45) is 5.92 Å². The Labute approximate surface area is 113 Å². The molecule has 1 amide bonds. The minimum absolute atomic E-state index is 0.220. The van der Waals surface area contributed by atoms with Gasteiger partial charge < -0.3 is 19.5 Å². The second-order valence-corrected chi connectivity index (χ2v) is 4.97. The molecule has 2 atom stereocenters. The molecule has 1 aliphatic rings. The minimum atomic E-state index is -0.658. The SMILES string of the molecule is CCOC(=O)[C@H](CC(C)C)NC(=O)OC1CCOC1. The molecule has 19 heavy (non-hydrogen) atoms. The van der Waals surface area contributed by atoms with E-state index >= 15 is 0 Å². The van der Waals surface area contributed by atoms with Crippen LogP contribution in [0.2, 0.25) is 0 Å². The van der Waals surface area contributed by atoms with Crippen molar-refractivity contribution < 1.29 is 23.8 Å². The van der Waals surface area contributed by atoms with Crippen LogP contribution in [0, 0.1) is 5.92 Å². The lowest BCUT2D eigenvalue weighted by atomic mass is 10.0. The first kappa shape index (κ1) is 15.8. The van der Waals surface area contributed by atoms with Crippen LogP contribution < -0.4 is 5.32 Å². The lowest BCUT2D eigenvalue weighted by Gasteiger charge is -2.20. The Morgan fingerprint density at radius 3 is 2.68 bits per heavy atom. The molecule has 1 rings (SSSR count). The van der Waals surface area contributed by atoms with Crippen molar-refractivity contribution in [3.8, 4) is 0 Å². The summed E-state index contributed by atoms with van der Waals surface area (Å²) in [6, 6.07) is -0.658. The van der Waals surface area contributed by atoms with E-state index in [-0.39, 0.29) is 12.0 Å². The summed E-state index contributed by atoms with van der Waals surface area (Å²) in [7, 11) is 0. The van der Waals surface area contributed by atoms with Gasteiger partial charge in [-0.1, -0.05) is 13.8 Å². The van der Waals surface area contributed by atoms with E-state index in [1.807, 2.05) is 13.8 Å². The van der Waals surface area contributed by atoms with Crippen LogP contribution in [0.15, 0.2) is 0 Å². The number of ether oxygens (including phenoxy) is 3. The average molecular weight is 273 g/mol. The molecule has 0 spiro atoms. The Bertz CT molecular complexity index is 299. The van der Waals surface area contributed by atoms with Crippen molar-refractivity contribution in [2.75, 3.05) is 19.8 Å². The number of alkyl carbamates (subject to hydrolysis) is 1. The van der Waals surface area contributed by atoms with Crippen LogP contribution in [0.1, 0.15) is 33.6 Å². The molecule has 6 nitrogen and oxygen atoms in total. The summed E-state index contributed by atoms with van der Waals surface area (Å²) in [6.45, 7) is 7.00. The third-order valence-electron chi connectivity index (χ3n) is 2.73. The summed E-state index contributed by atoms with van der Waals surface area (Å²) in [4.78, 5) is 23.4. The van der Waals surface area contributed by atoms with Gasteiger partial charge in [0.15, 0.2) is 0 Å². The third-order valence-corrected chi connectivity index (χ3v) is 2.73. The Hall–Kier alpha value is -1.30. The van der Waals surface area contributed by atoms with E-state index in [4.69, 9.17) is 14.2 Å². The first-order valence-corrected chi connectivity index (χ1v) is 6.74. The Morgan fingerprint density at radius 2 is 2.16 bits per heavy atom. The molecule has 1 N–H and O–H groups in total. The van der Waals surface area contributed by atoms with E-state index in [0.717, 1.165) is 0 Å². The predicted molar refractivity (Wildman–Crippen MR) is 68.7 cm³/mol. The summed E-state index contributed by atoms with van der Waals surface area (Å²) >= 11 is 0. The maximum absolute atomic E-state index is 11.7. The summed E-state index contributed by atoms with van der Waals surface area (Å²) in [6.07, 6.45) is 0.410. The average Bonchev–Trinajstić information content (AvgIpc) is 2.80. The molecule has 1 fully saturated rings. The summed E-state index contributed by atoms with van der Waals surface area (Å²) in [5.41, 5.74) is 0. The fourth-order valence-electron chi connectivity index (χ4n) is 1.86. The summed E-state index contributed by atoms with van der Waals surface area (Å²) < 4.78 is 15.2. The van der Waals surface area contributed by atoms with Gasteiger partial charge in [-0.15, -0.1) is 0 Å². The zero-order chi connectivity index (χ0) is 14.3. The van der Waals surface area contributed by atoms with Crippen molar-refractivity contribution in [3.05, 3.63) is 0 Å². The monoisotopic (exact) mass is 273 g/mol. The molecule has 0 bridgehead atoms. The lowest BCUT2D eigenvalue weighted by molar-refractivity contribution is -0.146. The van der Waals surface area contributed by atoms with Gasteiger partial charge in [0.2, 0.25) is 0 Å². The highest BCUT2D eigenvalue weighted by molar-refractivity contribution is 5.81. The van der Waals surface area contributed by atoms with Crippen LogP contribution in [-0.2, 0) is 19.0 Å². The first-order valence-electron chi connectivity index (χ1n) is 6.74. The van der Waals surface area contributed by atoms with Crippen molar-refractivity contribution in [1.82, 2.24) is 5.32 Å². The molecule has 1 aliphatic heterocycles. The van der Waals surface area contributed by atoms with E-state index in [2.05, 4.69) is 5.32 Å². The van der Waals surface area contributed by atoms with Crippen LogP contribution >= 0.6 is 0 Å².